The number of ether oxygens (including phenoxy) is 2. The minimum atomic E-state index is -1.33. The van der Waals surface area contributed by atoms with Crippen LogP contribution < -0.4 is 20.1 Å². The van der Waals surface area contributed by atoms with Gasteiger partial charge in [0.05, 0.1) is 5.69 Å². The highest BCUT2D eigenvalue weighted by atomic mass is 16.7. The van der Waals surface area contributed by atoms with E-state index in [1.807, 2.05) is 0 Å². The van der Waals surface area contributed by atoms with Crippen LogP contribution in [0.25, 0.3) is 5.69 Å². The third-order valence-corrected chi connectivity index (χ3v) is 5.54. The summed E-state index contributed by atoms with van der Waals surface area (Å²) >= 11 is 0. The van der Waals surface area contributed by atoms with Crippen molar-refractivity contribution in [3.63, 3.8) is 0 Å². The van der Waals surface area contributed by atoms with E-state index >= 15 is 0 Å². The van der Waals surface area contributed by atoms with Gasteiger partial charge < -0.3 is 20.1 Å². The number of benzene rings is 2. The lowest BCUT2D eigenvalue weighted by atomic mass is 9.91. The Kier molecular flexibility index (Phi) is 4.89. The van der Waals surface area contributed by atoms with Crippen LogP contribution in [-0.4, -0.2) is 56.3 Å². The highest BCUT2D eigenvalue weighted by Crippen LogP contribution is 2.32. The fourth-order valence-electron chi connectivity index (χ4n) is 3.73. The summed E-state index contributed by atoms with van der Waals surface area (Å²) in [7, 11) is 0. The molecular formula is C21H19N7O5. The van der Waals surface area contributed by atoms with Gasteiger partial charge in [-0.1, -0.05) is 18.2 Å². The largest absolute Gasteiger partial charge is 0.454 e. The first-order valence-electron chi connectivity index (χ1n) is 10.1. The van der Waals surface area contributed by atoms with Crippen LogP contribution in [0.1, 0.15) is 18.1 Å². The van der Waals surface area contributed by atoms with Gasteiger partial charge in [-0.2, -0.15) is 0 Å². The second kappa shape index (κ2) is 7.89. The van der Waals surface area contributed by atoms with Gasteiger partial charge in [0, 0.05) is 6.54 Å². The summed E-state index contributed by atoms with van der Waals surface area (Å²) < 4.78 is 12.0. The predicted molar refractivity (Wildman–Crippen MR) is 111 cm³/mol. The zero-order valence-electron chi connectivity index (χ0n) is 17.5. The molecular weight excluding hydrogens is 430 g/mol. The molecule has 33 heavy (non-hydrogen) atoms. The Morgan fingerprint density at radius 3 is 2.85 bits per heavy atom. The Balaban J connectivity index is 1.26. The molecule has 5 rings (SSSR count). The van der Waals surface area contributed by atoms with Crippen LogP contribution in [0.15, 0.2) is 48.8 Å². The number of nitrogens with one attached hydrogen (secondary N) is 2. The molecule has 2 aliphatic heterocycles. The van der Waals surface area contributed by atoms with Crippen molar-refractivity contribution in [2.75, 3.05) is 13.3 Å². The molecule has 12 nitrogen and oxygen atoms in total. The van der Waals surface area contributed by atoms with E-state index in [0.717, 1.165) is 10.5 Å². The normalized spacial score (nSPS) is 19.0. The summed E-state index contributed by atoms with van der Waals surface area (Å²) in [4.78, 5) is 39.1. The number of carbonyl (C=O) groups is 3. The molecule has 1 atom stereocenters. The van der Waals surface area contributed by atoms with Gasteiger partial charge in [-0.3, -0.25) is 14.5 Å². The van der Waals surface area contributed by atoms with Gasteiger partial charge in [-0.25, -0.2) is 9.48 Å². The number of fused-ring (bicyclic) bond motifs is 1. The third kappa shape index (κ3) is 3.71. The standard InChI is InChI=1S/C21H19N7O5/c1-21(14-3-2-4-15(8-14)28-11-23-25-26-28)19(30)27(20(31)24-21)10-18(29)22-9-13-5-6-16-17(7-13)33-12-32-16/h2-8,11H,9-10,12H2,1H3,(H,22,29)(H,24,31)/t21-/m1/s1. The highest BCUT2D eigenvalue weighted by Gasteiger charge is 2.49. The average molecular weight is 449 g/mol. The van der Waals surface area contributed by atoms with Crippen LogP contribution >= 0.6 is 0 Å². The van der Waals surface area contributed by atoms with Crippen LogP contribution in [-0.2, 0) is 21.7 Å². The summed E-state index contributed by atoms with van der Waals surface area (Å²) in [6, 6.07) is 11.6. The van der Waals surface area contributed by atoms with Crippen LogP contribution in [0.3, 0.4) is 0 Å². The Morgan fingerprint density at radius 2 is 2.03 bits per heavy atom. The Morgan fingerprint density at radius 1 is 1.18 bits per heavy atom. The lowest BCUT2D eigenvalue weighted by Gasteiger charge is -2.22. The molecule has 1 aromatic heterocycles. The van der Waals surface area contributed by atoms with Crippen LogP contribution in [0.2, 0.25) is 0 Å². The quantitative estimate of drug-likeness (QED) is 0.518. The van der Waals surface area contributed by atoms with Crippen molar-refractivity contribution in [3.05, 3.63) is 59.9 Å². The second-order valence-corrected chi connectivity index (χ2v) is 7.72. The monoisotopic (exact) mass is 449 g/mol. The van der Waals surface area contributed by atoms with Crippen molar-refractivity contribution in [3.8, 4) is 17.2 Å². The molecule has 168 valence electrons. The SMILES string of the molecule is C[C@]1(c2cccc(-n3cnnn3)c2)NC(=O)N(CC(=O)NCc2ccc3c(c2)OCO3)C1=O. The molecule has 2 aliphatic rings. The van der Waals surface area contributed by atoms with Crippen molar-refractivity contribution in [2.45, 2.75) is 19.0 Å². The molecule has 0 aliphatic carbocycles. The number of rotatable bonds is 6. The van der Waals surface area contributed by atoms with Gasteiger partial charge >= 0.3 is 6.03 Å². The molecule has 1 saturated heterocycles. The molecule has 0 saturated carbocycles. The van der Waals surface area contributed by atoms with E-state index in [-0.39, 0.29) is 13.3 Å². The van der Waals surface area contributed by atoms with E-state index in [9.17, 15) is 14.4 Å². The minimum absolute atomic E-state index is 0.161. The first kappa shape index (κ1) is 20.4. The molecule has 0 unspecified atom stereocenters. The maximum Gasteiger partial charge on any atom is 0.325 e. The number of hydrogen-bond acceptors (Lipinski definition) is 8. The molecule has 3 heterocycles. The highest BCUT2D eigenvalue weighted by molar-refractivity contribution is 6.09. The fourth-order valence-corrected chi connectivity index (χ4v) is 3.73. The van der Waals surface area contributed by atoms with E-state index in [0.29, 0.717) is 22.7 Å². The average Bonchev–Trinajstić information content (AvgIpc) is 3.56. The second-order valence-electron chi connectivity index (χ2n) is 7.72. The van der Waals surface area contributed by atoms with Gasteiger partial charge in [-0.15, -0.1) is 5.10 Å². The number of amides is 4. The molecule has 2 N–H and O–H groups in total. The molecule has 2 aromatic carbocycles. The number of hydrogen-bond donors (Lipinski definition) is 2. The molecule has 1 fully saturated rings. The lowest BCUT2D eigenvalue weighted by Crippen LogP contribution is -2.43. The van der Waals surface area contributed by atoms with Crippen molar-refractivity contribution >= 4 is 17.8 Å². The zero-order chi connectivity index (χ0) is 23.0. The molecule has 0 radical (unpaired) electrons. The van der Waals surface area contributed by atoms with E-state index in [4.69, 9.17) is 9.47 Å². The van der Waals surface area contributed by atoms with Crippen molar-refractivity contribution in [1.29, 1.82) is 0 Å². The number of imide groups is 1. The summed E-state index contributed by atoms with van der Waals surface area (Å²) in [6.45, 7) is 1.56. The van der Waals surface area contributed by atoms with Gasteiger partial charge in [-0.05, 0) is 52.7 Å². The third-order valence-electron chi connectivity index (χ3n) is 5.54. The van der Waals surface area contributed by atoms with Crippen LogP contribution in [0, 0.1) is 0 Å². The Labute approximate surface area is 187 Å². The topological polar surface area (TPSA) is 141 Å². The van der Waals surface area contributed by atoms with Crippen molar-refractivity contribution in [2.24, 2.45) is 0 Å². The fraction of sp³-hybridized carbons (Fsp3) is 0.238. The lowest BCUT2D eigenvalue weighted by molar-refractivity contribution is -0.134. The first-order valence-corrected chi connectivity index (χ1v) is 10.1. The van der Waals surface area contributed by atoms with Gasteiger partial charge in [0.1, 0.15) is 18.4 Å². The summed E-state index contributed by atoms with van der Waals surface area (Å²) in [5, 5.41) is 16.4. The predicted octanol–water partition coefficient (Wildman–Crippen LogP) is 0.474. The van der Waals surface area contributed by atoms with Crippen molar-refractivity contribution in [1.82, 2.24) is 35.7 Å². The van der Waals surface area contributed by atoms with Gasteiger partial charge in [0.15, 0.2) is 11.5 Å². The Bertz CT molecular complexity index is 1250. The van der Waals surface area contributed by atoms with E-state index < -0.39 is 29.9 Å². The number of nitrogens with zero attached hydrogens (tertiary/aromatic N) is 5. The maximum atomic E-state index is 13.2. The first-order chi connectivity index (χ1) is 15.9. The van der Waals surface area contributed by atoms with Gasteiger partial charge in [0.2, 0.25) is 12.7 Å². The molecule has 0 bridgehead atoms. The van der Waals surface area contributed by atoms with E-state index in [1.165, 1.54) is 11.0 Å². The van der Waals surface area contributed by atoms with Crippen LogP contribution in [0.4, 0.5) is 4.79 Å². The van der Waals surface area contributed by atoms with Crippen molar-refractivity contribution < 1.29 is 23.9 Å². The minimum Gasteiger partial charge on any atom is -0.454 e. The maximum absolute atomic E-state index is 13.2. The number of aromatic nitrogens is 4. The molecule has 12 heteroatoms. The number of carbonyl (C=O) groups excluding carboxylic acids is 3. The Hall–Kier alpha value is -4.48. The summed E-state index contributed by atoms with van der Waals surface area (Å²) in [5.74, 6) is 0.255. The summed E-state index contributed by atoms with van der Waals surface area (Å²) in [5.41, 5.74) is 0.630. The number of urea groups is 1. The van der Waals surface area contributed by atoms with Gasteiger partial charge in [0.25, 0.3) is 5.91 Å². The summed E-state index contributed by atoms with van der Waals surface area (Å²) in [6.07, 6.45) is 1.42. The van der Waals surface area contributed by atoms with E-state index in [2.05, 4.69) is 26.2 Å². The zero-order valence-corrected chi connectivity index (χ0v) is 17.5. The smallest absolute Gasteiger partial charge is 0.325 e. The van der Waals surface area contributed by atoms with Crippen LogP contribution in [0.5, 0.6) is 11.5 Å². The molecule has 0 spiro atoms. The molecule has 3 aromatic rings. The van der Waals surface area contributed by atoms with E-state index in [1.54, 1.807) is 49.4 Å². The molecule has 4 amide bonds. The number of tetrazole rings is 1.